The Morgan fingerprint density at radius 1 is 1.56 bits per heavy atom. The number of nitrogens with zero attached hydrogens (tertiary/aromatic N) is 1. The Morgan fingerprint density at radius 2 is 2.25 bits per heavy atom. The van der Waals surface area contributed by atoms with Gasteiger partial charge in [-0.15, -0.1) is 0 Å². The molecule has 1 heterocycles. The standard InChI is InChI=1S/C12H17BrN2O/c1-4-9(13)11(16)15-12(2,3)10-7-5-6-8-14-10/h5-9H,4H2,1-3H3,(H,15,16). The van der Waals surface area contributed by atoms with E-state index in [4.69, 9.17) is 0 Å². The van der Waals surface area contributed by atoms with E-state index >= 15 is 0 Å². The van der Waals surface area contributed by atoms with Crippen LogP contribution in [0.3, 0.4) is 0 Å². The first-order chi connectivity index (χ1) is 7.47. The summed E-state index contributed by atoms with van der Waals surface area (Å²) < 4.78 is 0. The first-order valence-electron chi connectivity index (χ1n) is 5.35. The Kier molecular flexibility index (Phi) is 4.47. The Morgan fingerprint density at radius 3 is 2.75 bits per heavy atom. The number of carbonyl (C=O) groups is 1. The minimum atomic E-state index is -0.445. The van der Waals surface area contributed by atoms with E-state index in [0.717, 1.165) is 12.1 Å². The van der Waals surface area contributed by atoms with Crippen molar-refractivity contribution >= 4 is 21.8 Å². The van der Waals surface area contributed by atoms with Gasteiger partial charge < -0.3 is 5.32 Å². The number of nitrogens with one attached hydrogen (secondary N) is 1. The summed E-state index contributed by atoms with van der Waals surface area (Å²) in [5.74, 6) is -0.00171. The first-order valence-corrected chi connectivity index (χ1v) is 6.26. The molecule has 0 fully saturated rings. The molecule has 0 aromatic carbocycles. The minimum Gasteiger partial charge on any atom is -0.345 e. The number of alkyl halides is 1. The highest BCUT2D eigenvalue weighted by molar-refractivity contribution is 9.10. The zero-order valence-electron chi connectivity index (χ0n) is 9.83. The maximum Gasteiger partial charge on any atom is 0.234 e. The van der Waals surface area contributed by atoms with Crippen LogP contribution in [0.4, 0.5) is 0 Å². The molecule has 1 amide bonds. The molecule has 88 valence electrons. The molecule has 0 saturated heterocycles. The van der Waals surface area contributed by atoms with Gasteiger partial charge in [0.2, 0.25) is 5.91 Å². The van der Waals surface area contributed by atoms with Crippen LogP contribution in [0, 0.1) is 0 Å². The Hall–Kier alpha value is -0.900. The number of aromatic nitrogens is 1. The zero-order valence-corrected chi connectivity index (χ0v) is 11.4. The van der Waals surface area contributed by atoms with Crippen LogP contribution in [0.25, 0.3) is 0 Å². The Bertz CT molecular complexity index is 351. The van der Waals surface area contributed by atoms with E-state index in [1.54, 1.807) is 6.20 Å². The zero-order chi connectivity index (χ0) is 12.2. The van der Waals surface area contributed by atoms with E-state index in [1.807, 2.05) is 39.0 Å². The van der Waals surface area contributed by atoms with Crippen molar-refractivity contribution in [2.75, 3.05) is 0 Å². The van der Waals surface area contributed by atoms with Gasteiger partial charge in [0.25, 0.3) is 0 Å². The van der Waals surface area contributed by atoms with Gasteiger partial charge in [-0.05, 0) is 32.4 Å². The highest BCUT2D eigenvalue weighted by atomic mass is 79.9. The molecule has 0 aliphatic carbocycles. The summed E-state index contributed by atoms with van der Waals surface area (Å²) >= 11 is 3.33. The Labute approximate surface area is 105 Å². The fraction of sp³-hybridized carbons (Fsp3) is 0.500. The van der Waals surface area contributed by atoms with Crippen LogP contribution in [0.2, 0.25) is 0 Å². The second-order valence-electron chi connectivity index (χ2n) is 4.21. The van der Waals surface area contributed by atoms with E-state index in [2.05, 4.69) is 26.2 Å². The van der Waals surface area contributed by atoms with E-state index in [1.165, 1.54) is 0 Å². The van der Waals surface area contributed by atoms with Crippen molar-refractivity contribution < 1.29 is 4.79 Å². The fourth-order valence-electron chi connectivity index (χ4n) is 1.37. The maximum absolute atomic E-state index is 11.8. The van der Waals surface area contributed by atoms with Crippen molar-refractivity contribution in [3.8, 4) is 0 Å². The molecule has 3 nitrogen and oxygen atoms in total. The minimum absolute atomic E-state index is 0.00171. The van der Waals surface area contributed by atoms with Gasteiger partial charge in [0.05, 0.1) is 16.1 Å². The van der Waals surface area contributed by atoms with Gasteiger partial charge in [0.1, 0.15) is 0 Å². The predicted octanol–water partition coefficient (Wildman–Crippen LogP) is 2.61. The van der Waals surface area contributed by atoms with Gasteiger partial charge in [0, 0.05) is 6.20 Å². The van der Waals surface area contributed by atoms with Crippen LogP contribution in [0.5, 0.6) is 0 Å². The lowest BCUT2D eigenvalue weighted by molar-refractivity contribution is -0.122. The number of amides is 1. The first kappa shape index (κ1) is 13.2. The normalized spacial score (nSPS) is 13.2. The predicted molar refractivity (Wildman–Crippen MR) is 68.4 cm³/mol. The molecule has 1 aromatic rings. The topological polar surface area (TPSA) is 42.0 Å². The average molecular weight is 285 g/mol. The summed E-state index contributed by atoms with van der Waals surface area (Å²) in [6.45, 7) is 5.86. The Balaban J connectivity index is 2.76. The quantitative estimate of drug-likeness (QED) is 0.864. The highest BCUT2D eigenvalue weighted by Crippen LogP contribution is 2.18. The molecular weight excluding hydrogens is 268 g/mol. The molecular formula is C12H17BrN2O. The van der Waals surface area contributed by atoms with Gasteiger partial charge in [-0.3, -0.25) is 9.78 Å². The van der Waals surface area contributed by atoms with Crippen molar-refractivity contribution in [3.63, 3.8) is 0 Å². The number of pyridine rings is 1. The molecule has 1 unspecified atom stereocenters. The van der Waals surface area contributed by atoms with Crippen LogP contribution in [-0.2, 0) is 10.3 Å². The molecule has 0 spiro atoms. The largest absolute Gasteiger partial charge is 0.345 e. The average Bonchev–Trinajstić information content (AvgIpc) is 2.28. The fourth-order valence-corrected chi connectivity index (χ4v) is 1.48. The van der Waals surface area contributed by atoms with Gasteiger partial charge in [-0.25, -0.2) is 0 Å². The summed E-state index contributed by atoms with van der Waals surface area (Å²) in [5.41, 5.74) is 0.415. The molecule has 0 aliphatic rings. The molecule has 0 saturated carbocycles. The second-order valence-corrected chi connectivity index (χ2v) is 5.31. The second kappa shape index (κ2) is 5.43. The lowest BCUT2D eigenvalue weighted by Gasteiger charge is -2.26. The van der Waals surface area contributed by atoms with Crippen LogP contribution in [0.15, 0.2) is 24.4 Å². The number of carbonyl (C=O) groups excluding carboxylic acids is 1. The SMILES string of the molecule is CCC(Br)C(=O)NC(C)(C)c1ccccn1. The molecule has 0 aliphatic heterocycles. The van der Waals surface area contributed by atoms with Gasteiger partial charge >= 0.3 is 0 Å². The van der Waals surface area contributed by atoms with E-state index < -0.39 is 5.54 Å². The highest BCUT2D eigenvalue weighted by Gasteiger charge is 2.26. The lowest BCUT2D eigenvalue weighted by atomic mass is 9.99. The molecule has 1 aromatic heterocycles. The lowest BCUT2D eigenvalue weighted by Crippen LogP contribution is -2.44. The van der Waals surface area contributed by atoms with Crippen molar-refractivity contribution in [2.45, 2.75) is 37.6 Å². The third-order valence-electron chi connectivity index (χ3n) is 2.38. The molecule has 0 bridgehead atoms. The van der Waals surface area contributed by atoms with Crippen LogP contribution >= 0.6 is 15.9 Å². The summed E-state index contributed by atoms with van der Waals surface area (Å²) in [6, 6.07) is 5.69. The third-order valence-corrected chi connectivity index (χ3v) is 3.45. The summed E-state index contributed by atoms with van der Waals surface area (Å²) in [6.07, 6.45) is 2.50. The van der Waals surface area contributed by atoms with E-state index in [9.17, 15) is 4.79 Å². The van der Waals surface area contributed by atoms with Crippen LogP contribution in [-0.4, -0.2) is 15.7 Å². The van der Waals surface area contributed by atoms with Gasteiger partial charge in [0.15, 0.2) is 0 Å². The van der Waals surface area contributed by atoms with Crippen molar-refractivity contribution in [1.82, 2.24) is 10.3 Å². The molecule has 0 radical (unpaired) electrons. The third kappa shape index (κ3) is 3.30. The molecule has 1 atom stereocenters. The molecule has 1 N–H and O–H groups in total. The maximum atomic E-state index is 11.8. The molecule has 4 heteroatoms. The van der Waals surface area contributed by atoms with Gasteiger partial charge in [-0.1, -0.05) is 28.9 Å². The van der Waals surface area contributed by atoms with Crippen molar-refractivity contribution in [2.24, 2.45) is 0 Å². The monoisotopic (exact) mass is 284 g/mol. The van der Waals surface area contributed by atoms with E-state index in [-0.39, 0.29) is 10.7 Å². The smallest absolute Gasteiger partial charge is 0.234 e. The van der Waals surface area contributed by atoms with Crippen LogP contribution < -0.4 is 5.32 Å². The molecule has 1 rings (SSSR count). The van der Waals surface area contributed by atoms with Crippen molar-refractivity contribution in [3.05, 3.63) is 30.1 Å². The summed E-state index contributed by atoms with van der Waals surface area (Å²) in [4.78, 5) is 15.9. The van der Waals surface area contributed by atoms with Crippen LogP contribution in [0.1, 0.15) is 32.9 Å². The molecule has 16 heavy (non-hydrogen) atoms. The summed E-state index contributed by atoms with van der Waals surface area (Å²) in [5, 5.41) is 2.97. The number of halogens is 1. The number of rotatable bonds is 4. The van der Waals surface area contributed by atoms with E-state index in [0.29, 0.717) is 0 Å². The summed E-state index contributed by atoms with van der Waals surface area (Å²) in [7, 11) is 0. The van der Waals surface area contributed by atoms with Crippen molar-refractivity contribution in [1.29, 1.82) is 0 Å². The number of hydrogen-bond acceptors (Lipinski definition) is 2. The number of hydrogen-bond donors (Lipinski definition) is 1. The van der Waals surface area contributed by atoms with Gasteiger partial charge in [-0.2, -0.15) is 0 Å².